The van der Waals surface area contributed by atoms with E-state index in [1.807, 2.05) is 32.9 Å². The van der Waals surface area contributed by atoms with E-state index in [-0.39, 0.29) is 17.3 Å². The molecule has 1 aliphatic heterocycles. The summed E-state index contributed by atoms with van der Waals surface area (Å²) in [5.41, 5.74) is 1.68. The number of hydrogen-bond acceptors (Lipinski definition) is 4. The average Bonchev–Trinajstić information content (AvgIpc) is 2.89. The maximum atomic E-state index is 12.1. The molecule has 0 fully saturated rings. The molecule has 1 N–H and O–H groups in total. The minimum atomic E-state index is -0.325. The first-order chi connectivity index (χ1) is 14.4. The summed E-state index contributed by atoms with van der Waals surface area (Å²) < 4.78 is 7.04. The number of rotatable bonds is 5. The Hall–Kier alpha value is -2.80. The predicted molar refractivity (Wildman–Crippen MR) is 125 cm³/mol. The lowest BCUT2D eigenvalue weighted by Crippen LogP contribution is -2.32. The van der Waals surface area contributed by atoms with Gasteiger partial charge in [-0.2, -0.15) is 0 Å². The van der Waals surface area contributed by atoms with Crippen LogP contribution in [0.2, 0.25) is 0 Å². The quantitative estimate of drug-likeness (QED) is 0.439. The van der Waals surface area contributed by atoms with Gasteiger partial charge in [-0.3, -0.25) is 9.59 Å². The van der Waals surface area contributed by atoms with E-state index in [0.29, 0.717) is 31.8 Å². The number of amides is 2. The molecule has 0 saturated carbocycles. The highest BCUT2D eigenvalue weighted by Gasteiger charge is 2.14. The molecule has 2 rings (SSSR count). The molecule has 7 heteroatoms. The minimum absolute atomic E-state index is 0.0396. The molecule has 2 amide bonds. The molecule has 1 aromatic rings. The second-order valence-corrected chi connectivity index (χ2v) is 8.42. The number of methoxy groups -OCH3 is 1. The zero-order valence-corrected chi connectivity index (χ0v) is 19.8. The summed E-state index contributed by atoms with van der Waals surface area (Å²) in [6.45, 7) is 18.0. The largest absolute Gasteiger partial charge is 0.512 e. The van der Waals surface area contributed by atoms with Crippen molar-refractivity contribution in [2.24, 2.45) is 0 Å². The Morgan fingerprint density at radius 2 is 1.94 bits per heavy atom. The molecule has 1 aliphatic rings. The zero-order chi connectivity index (χ0) is 23.8. The van der Waals surface area contributed by atoms with Gasteiger partial charge in [0, 0.05) is 74.7 Å². The van der Waals surface area contributed by atoms with Crippen LogP contribution < -0.4 is 10.6 Å². The van der Waals surface area contributed by atoms with E-state index >= 15 is 0 Å². The first kappa shape index (κ1) is 26.2. The van der Waals surface area contributed by atoms with Gasteiger partial charge in [0.05, 0.1) is 11.4 Å². The van der Waals surface area contributed by atoms with Gasteiger partial charge in [0.15, 0.2) is 0 Å². The summed E-state index contributed by atoms with van der Waals surface area (Å²) in [7, 11) is 3.33. The Morgan fingerprint density at radius 1 is 1.32 bits per heavy atom. The number of allylic oxidation sites excluding steroid dienone is 2. The molecule has 0 aromatic carbocycles. The van der Waals surface area contributed by atoms with Crippen molar-refractivity contribution in [1.82, 2.24) is 14.4 Å². The summed E-state index contributed by atoms with van der Waals surface area (Å²) in [4.78, 5) is 26.2. The predicted octanol–water partition coefficient (Wildman–Crippen LogP) is 1.95. The molecule has 2 heterocycles. The number of aromatic nitrogens is 1. The van der Waals surface area contributed by atoms with Crippen LogP contribution in [-0.4, -0.2) is 64.6 Å². The second-order valence-electron chi connectivity index (χ2n) is 8.42. The topological polar surface area (TPSA) is 75.0 Å². The Kier molecular flexibility index (Phi) is 9.78. The van der Waals surface area contributed by atoms with Crippen LogP contribution in [0, 0.1) is 0 Å². The summed E-state index contributed by atoms with van der Waals surface area (Å²) in [6, 6.07) is 2.03. The second kappa shape index (κ2) is 11.6. The lowest BCUT2D eigenvalue weighted by Gasteiger charge is -2.15. The number of carbonyl (C=O) groups is 2. The molecule has 0 spiro atoms. The highest BCUT2D eigenvalue weighted by molar-refractivity contribution is 5.90. The van der Waals surface area contributed by atoms with E-state index in [4.69, 9.17) is 4.74 Å². The van der Waals surface area contributed by atoms with Gasteiger partial charge >= 0.3 is 0 Å². The Balaban J connectivity index is 0.000000703. The molecule has 0 unspecified atom stereocenters. The Morgan fingerprint density at radius 3 is 2.45 bits per heavy atom. The van der Waals surface area contributed by atoms with Crippen molar-refractivity contribution in [3.05, 3.63) is 46.4 Å². The molecule has 0 atom stereocenters. The number of likely N-dealkylation sites (N-methyl/N-ethyl adjacent to an activating group) is 1. The number of fused-ring (bicyclic) bond motifs is 1. The van der Waals surface area contributed by atoms with Gasteiger partial charge in [-0.15, -0.1) is 0 Å². The molecule has 7 nitrogen and oxygen atoms in total. The minimum Gasteiger partial charge on any atom is -0.512 e. The summed E-state index contributed by atoms with van der Waals surface area (Å²) in [6.07, 6.45) is 5.07. The third-order valence-corrected chi connectivity index (χ3v) is 5.09. The Bertz CT molecular complexity index is 922. The van der Waals surface area contributed by atoms with Crippen LogP contribution in [0.3, 0.4) is 0 Å². The standard InChI is InChI=1S/C19H25N3O3.C5H12O/c1-5-18(24)12-19(25)20(4)14(2)10-16-11-17-6-7-21(13-23)8-9-22(17)15(16)3;1-5(2,3)6-4/h10-13,24H,2-3,5-9H2,1,4H3;1-4H3/b16-10-,18-12+;. The molecule has 0 saturated heterocycles. The van der Waals surface area contributed by atoms with E-state index in [0.717, 1.165) is 29.1 Å². The van der Waals surface area contributed by atoms with Crippen LogP contribution in [-0.2, 0) is 27.3 Å². The number of ether oxygens (including phenoxy) is 1. The van der Waals surface area contributed by atoms with Gasteiger partial charge in [-0.05, 0) is 32.9 Å². The Labute approximate surface area is 185 Å². The van der Waals surface area contributed by atoms with Crippen molar-refractivity contribution in [3.8, 4) is 0 Å². The van der Waals surface area contributed by atoms with E-state index in [2.05, 4.69) is 17.7 Å². The smallest absolute Gasteiger partial charge is 0.254 e. The first-order valence-corrected chi connectivity index (χ1v) is 10.4. The fraction of sp³-hybridized carbons (Fsp3) is 0.500. The maximum absolute atomic E-state index is 12.1. The third-order valence-electron chi connectivity index (χ3n) is 5.09. The fourth-order valence-corrected chi connectivity index (χ4v) is 2.74. The highest BCUT2D eigenvalue weighted by atomic mass is 16.5. The third kappa shape index (κ3) is 8.09. The van der Waals surface area contributed by atoms with Crippen molar-refractivity contribution in [1.29, 1.82) is 0 Å². The number of aliphatic hydroxyl groups excluding tert-OH is 1. The lowest BCUT2D eigenvalue weighted by atomic mass is 10.2. The summed E-state index contributed by atoms with van der Waals surface area (Å²) in [5.74, 6) is -0.286. The SMILES string of the molecule is C=C(/C=c1/cc2n(c1=C)CCN(C=O)CC2)N(C)C(=O)/C=C(/O)CC.COC(C)(C)C. The van der Waals surface area contributed by atoms with E-state index in [1.165, 1.54) is 11.0 Å². The molecule has 1 aromatic heterocycles. The highest BCUT2D eigenvalue weighted by Crippen LogP contribution is 2.06. The normalized spacial score (nSPS) is 14.8. The maximum Gasteiger partial charge on any atom is 0.254 e. The van der Waals surface area contributed by atoms with Crippen molar-refractivity contribution >= 4 is 25.0 Å². The summed E-state index contributed by atoms with van der Waals surface area (Å²) >= 11 is 0. The van der Waals surface area contributed by atoms with E-state index < -0.39 is 0 Å². The van der Waals surface area contributed by atoms with Gasteiger partial charge in [0.1, 0.15) is 0 Å². The molecule has 0 aliphatic carbocycles. The number of hydrogen-bond donors (Lipinski definition) is 1. The van der Waals surface area contributed by atoms with Crippen LogP contribution in [0.1, 0.15) is 39.8 Å². The van der Waals surface area contributed by atoms with Gasteiger partial charge < -0.3 is 24.2 Å². The number of carbonyl (C=O) groups excluding carboxylic acids is 2. The fourth-order valence-electron chi connectivity index (χ4n) is 2.74. The molecule has 0 radical (unpaired) electrons. The monoisotopic (exact) mass is 431 g/mol. The van der Waals surface area contributed by atoms with Crippen LogP contribution in [0.25, 0.3) is 12.7 Å². The summed E-state index contributed by atoms with van der Waals surface area (Å²) in [5, 5.41) is 11.3. The van der Waals surface area contributed by atoms with Gasteiger partial charge in [-0.1, -0.05) is 20.1 Å². The number of nitrogens with zero attached hydrogens (tertiary/aromatic N) is 3. The van der Waals surface area contributed by atoms with Gasteiger partial charge in [0.2, 0.25) is 6.41 Å². The first-order valence-electron chi connectivity index (χ1n) is 10.4. The van der Waals surface area contributed by atoms with E-state index in [9.17, 15) is 14.7 Å². The van der Waals surface area contributed by atoms with Gasteiger partial charge in [0.25, 0.3) is 5.91 Å². The van der Waals surface area contributed by atoms with Crippen molar-refractivity contribution in [2.75, 3.05) is 27.2 Å². The van der Waals surface area contributed by atoms with Crippen LogP contribution in [0.4, 0.5) is 0 Å². The zero-order valence-electron chi connectivity index (χ0n) is 19.8. The van der Waals surface area contributed by atoms with Crippen molar-refractivity contribution < 1.29 is 19.4 Å². The van der Waals surface area contributed by atoms with E-state index in [1.54, 1.807) is 26.0 Å². The molecule has 0 bridgehead atoms. The molecular weight excluding hydrogens is 394 g/mol. The molecule has 172 valence electrons. The van der Waals surface area contributed by atoms with Gasteiger partial charge in [-0.25, -0.2) is 0 Å². The van der Waals surface area contributed by atoms with Crippen molar-refractivity contribution in [2.45, 2.75) is 52.7 Å². The lowest BCUT2D eigenvalue weighted by molar-refractivity contribution is -0.123. The van der Waals surface area contributed by atoms with Crippen LogP contribution >= 0.6 is 0 Å². The average molecular weight is 432 g/mol. The van der Waals surface area contributed by atoms with Crippen LogP contribution in [0.5, 0.6) is 0 Å². The number of aliphatic hydroxyl groups is 1. The molecular formula is C24H37N3O4. The molecule has 31 heavy (non-hydrogen) atoms. The van der Waals surface area contributed by atoms with Crippen LogP contribution in [0.15, 0.2) is 30.2 Å². The van der Waals surface area contributed by atoms with Crippen molar-refractivity contribution in [3.63, 3.8) is 0 Å².